The smallest absolute Gasteiger partial charge is 0.313 e. The van der Waals surface area contributed by atoms with Gasteiger partial charge in [0, 0.05) is 5.69 Å². The highest BCUT2D eigenvalue weighted by atomic mass is 32.1. The van der Waals surface area contributed by atoms with Crippen molar-refractivity contribution in [1.29, 1.82) is 0 Å². The lowest BCUT2D eigenvalue weighted by Crippen LogP contribution is -2.43. The second-order valence-electron chi connectivity index (χ2n) is 5.43. The number of rotatable bonds is 5. The van der Waals surface area contributed by atoms with Gasteiger partial charge in [-0.2, -0.15) is 11.3 Å². The molecule has 0 radical (unpaired) electrons. The molecule has 2 amide bonds. The highest BCUT2D eigenvalue weighted by molar-refractivity contribution is 7.08. The summed E-state index contributed by atoms with van der Waals surface area (Å²) in [5.41, 5.74) is 1.08. The molecule has 6 heteroatoms. The van der Waals surface area contributed by atoms with Gasteiger partial charge in [0.25, 0.3) is 0 Å². The van der Waals surface area contributed by atoms with Gasteiger partial charge in [0.2, 0.25) is 0 Å². The van der Waals surface area contributed by atoms with Crippen LogP contribution in [0.1, 0.15) is 25.0 Å². The van der Waals surface area contributed by atoms with E-state index in [1.54, 1.807) is 25.1 Å². The molecule has 1 heterocycles. The van der Waals surface area contributed by atoms with Crippen molar-refractivity contribution in [2.24, 2.45) is 0 Å². The van der Waals surface area contributed by atoms with E-state index in [1.165, 1.54) is 11.3 Å². The Morgan fingerprint density at radius 2 is 1.96 bits per heavy atom. The number of hydrogen-bond acceptors (Lipinski definition) is 4. The van der Waals surface area contributed by atoms with E-state index in [4.69, 9.17) is 0 Å². The van der Waals surface area contributed by atoms with E-state index in [0.29, 0.717) is 11.3 Å². The van der Waals surface area contributed by atoms with Crippen molar-refractivity contribution in [1.82, 2.24) is 5.32 Å². The second-order valence-corrected chi connectivity index (χ2v) is 6.21. The van der Waals surface area contributed by atoms with Crippen LogP contribution in [-0.2, 0) is 21.6 Å². The molecule has 0 aliphatic heterocycles. The molecule has 1 aromatic carbocycles. The molecule has 0 aliphatic carbocycles. The molecule has 1 unspecified atom stereocenters. The summed E-state index contributed by atoms with van der Waals surface area (Å²) >= 11 is 1.46. The van der Waals surface area contributed by atoms with Gasteiger partial charge in [-0.1, -0.05) is 25.1 Å². The molecule has 23 heavy (non-hydrogen) atoms. The number of hydrogen-bond donors (Lipinski definition) is 3. The van der Waals surface area contributed by atoms with E-state index in [9.17, 15) is 14.7 Å². The maximum Gasteiger partial charge on any atom is 0.313 e. The molecule has 0 bridgehead atoms. The standard InChI is InChI=1S/C17H20N2O3S/c1-3-12-6-4-5-7-14(12)19-16(21)15(20)18-11-17(2,22)13-8-9-23-10-13/h4-10,22H,3,11H2,1-2H3,(H,18,20)(H,19,21). The molecule has 2 rings (SSSR count). The number of aryl methyl sites for hydroxylation is 1. The van der Waals surface area contributed by atoms with Crippen molar-refractivity contribution in [2.75, 3.05) is 11.9 Å². The number of nitrogens with one attached hydrogen (secondary N) is 2. The molecule has 0 saturated carbocycles. The third kappa shape index (κ3) is 4.40. The summed E-state index contributed by atoms with van der Waals surface area (Å²) in [7, 11) is 0. The Kier molecular flexibility index (Phi) is 5.52. The van der Waals surface area contributed by atoms with E-state index in [-0.39, 0.29) is 6.54 Å². The number of thiophene rings is 1. The SMILES string of the molecule is CCc1ccccc1NC(=O)C(=O)NCC(C)(O)c1ccsc1. The molecule has 0 fully saturated rings. The van der Waals surface area contributed by atoms with Crippen molar-refractivity contribution in [3.63, 3.8) is 0 Å². The van der Waals surface area contributed by atoms with Crippen LogP contribution in [0.25, 0.3) is 0 Å². The Balaban J connectivity index is 1.94. The van der Waals surface area contributed by atoms with E-state index in [2.05, 4.69) is 10.6 Å². The monoisotopic (exact) mass is 332 g/mol. The molecule has 0 spiro atoms. The molecule has 0 aliphatic rings. The normalized spacial score (nSPS) is 13.2. The highest BCUT2D eigenvalue weighted by Gasteiger charge is 2.25. The molecule has 122 valence electrons. The maximum atomic E-state index is 12.0. The van der Waals surface area contributed by atoms with Crippen LogP contribution in [0, 0.1) is 0 Å². The molecule has 1 atom stereocenters. The first-order valence-electron chi connectivity index (χ1n) is 7.36. The third-order valence-electron chi connectivity index (χ3n) is 3.59. The van der Waals surface area contributed by atoms with E-state index >= 15 is 0 Å². The average molecular weight is 332 g/mol. The summed E-state index contributed by atoms with van der Waals surface area (Å²) in [6, 6.07) is 9.12. The van der Waals surface area contributed by atoms with Crippen molar-refractivity contribution in [3.05, 3.63) is 52.2 Å². The minimum absolute atomic E-state index is 0.0363. The predicted molar refractivity (Wildman–Crippen MR) is 91.3 cm³/mol. The molecular weight excluding hydrogens is 312 g/mol. The summed E-state index contributed by atoms with van der Waals surface area (Å²) in [4.78, 5) is 23.9. The van der Waals surface area contributed by atoms with Gasteiger partial charge in [-0.15, -0.1) is 0 Å². The minimum atomic E-state index is -1.21. The zero-order valence-electron chi connectivity index (χ0n) is 13.1. The van der Waals surface area contributed by atoms with E-state index in [0.717, 1.165) is 12.0 Å². The Morgan fingerprint density at radius 1 is 1.22 bits per heavy atom. The number of para-hydroxylation sites is 1. The van der Waals surface area contributed by atoms with Gasteiger partial charge in [-0.25, -0.2) is 0 Å². The number of anilines is 1. The molecular formula is C17H20N2O3S. The topological polar surface area (TPSA) is 78.4 Å². The summed E-state index contributed by atoms with van der Waals surface area (Å²) in [6.45, 7) is 3.54. The van der Waals surface area contributed by atoms with Gasteiger partial charge in [-0.05, 0) is 47.4 Å². The van der Waals surface area contributed by atoms with Crippen molar-refractivity contribution < 1.29 is 14.7 Å². The zero-order chi connectivity index (χ0) is 16.9. The van der Waals surface area contributed by atoms with E-state index in [1.807, 2.05) is 29.8 Å². The van der Waals surface area contributed by atoms with Gasteiger partial charge >= 0.3 is 11.8 Å². The Morgan fingerprint density at radius 3 is 2.61 bits per heavy atom. The minimum Gasteiger partial charge on any atom is -0.384 e. The number of carbonyl (C=O) groups excluding carboxylic acids is 2. The molecule has 5 nitrogen and oxygen atoms in total. The first kappa shape index (κ1) is 17.2. The number of amides is 2. The number of benzene rings is 1. The van der Waals surface area contributed by atoms with Crippen molar-refractivity contribution >= 4 is 28.8 Å². The average Bonchev–Trinajstić information content (AvgIpc) is 3.08. The van der Waals surface area contributed by atoms with Crippen LogP contribution in [0.4, 0.5) is 5.69 Å². The van der Waals surface area contributed by atoms with Crippen LogP contribution in [0.5, 0.6) is 0 Å². The molecule has 0 saturated heterocycles. The predicted octanol–water partition coefficient (Wildman–Crippen LogP) is 2.27. The van der Waals surface area contributed by atoms with Gasteiger partial charge in [0.15, 0.2) is 0 Å². The lowest BCUT2D eigenvalue weighted by atomic mass is 9.99. The van der Waals surface area contributed by atoms with Crippen LogP contribution in [0.3, 0.4) is 0 Å². The highest BCUT2D eigenvalue weighted by Crippen LogP contribution is 2.22. The first-order chi connectivity index (χ1) is 10.9. The zero-order valence-corrected chi connectivity index (χ0v) is 13.9. The first-order valence-corrected chi connectivity index (χ1v) is 8.30. The third-order valence-corrected chi connectivity index (χ3v) is 4.27. The number of aliphatic hydroxyl groups is 1. The molecule has 1 aromatic heterocycles. The van der Waals surface area contributed by atoms with Gasteiger partial charge in [0.1, 0.15) is 5.60 Å². The fraction of sp³-hybridized carbons (Fsp3) is 0.294. The second kappa shape index (κ2) is 7.39. The summed E-state index contributed by atoms with van der Waals surface area (Å²) in [5.74, 6) is -1.52. The lowest BCUT2D eigenvalue weighted by Gasteiger charge is -2.22. The quantitative estimate of drug-likeness (QED) is 0.735. The molecule has 2 aromatic rings. The summed E-state index contributed by atoms with van der Waals surface area (Å²) in [5, 5.41) is 19.1. The van der Waals surface area contributed by atoms with Gasteiger partial charge in [0.05, 0.1) is 6.54 Å². The maximum absolute atomic E-state index is 12.0. The summed E-state index contributed by atoms with van der Waals surface area (Å²) < 4.78 is 0. The van der Waals surface area contributed by atoms with Crippen LogP contribution < -0.4 is 10.6 Å². The fourth-order valence-electron chi connectivity index (χ4n) is 2.14. The Labute approximate surface area is 139 Å². The van der Waals surface area contributed by atoms with Crippen LogP contribution in [0.2, 0.25) is 0 Å². The number of carbonyl (C=O) groups is 2. The lowest BCUT2D eigenvalue weighted by molar-refractivity contribution is -0.136. The van der Waals surface area contributed by atoms with Crippen LogP contribution in [-0.4, -0.2) is 23.5 Å². The van der Waals surface area contributed by atoms with Gasteiger partial charge < -0.3 is 15.7 Å². The van der Waals surface area contributed by atoms with Crippen molar-refractivity contribution in [3.8, 4) is 0 Å². The van der Waals surface area contributed by atoms with Crippen LogP contribution in [0.15, 0.2) is 41.1 Å². The molecule has 3 N–H and O–H groups in total. The van der Waals surface area contributed by atoms with Crippen molar-refractivity contribution in [2.45, 2.75) is 25.9 Å². The Bertz CT molecular complexity index is 681. The Hall–Kier alpha value is -2.18. The van der Waals surface area contributed by atoms with Gasteiger partial charge in [-0.3, -0.25) is 9.59 Å². The summed E-state index contributed by atoms with van der Waals surface area (Å²) in [6.07, 6.45) is 0.755. The largest absolute Gasteiger partial charge is 0.384 e. The fourth-order valence-corrected chi connectivity index (χ4v) is 2.92. The van der Waals surface area contributed by atoms with Crippen LogP contribution >= 0.6 is 11.3 Å². The van der Waals surface area contributed by atoms with E-state index < -0.39 is 17.4 Å².